The van der Waals surface area contributed by atoms with Gasteiger partial charge in [-0.15, -0.1) is 0 Å². The van der Waals surface area contributed by atoms with Crippen LogP contribution in [0.1, 0.15) is 54.4 Å². The Balaban J connectivity index is 0.00000196. The molecule has 0 heterocycles. The van der Waals surface area contributed by atoms with E-state index < -0.39 is 5.97 Å². The van der Waals surface area contributed by atoms with Crippen LogP contribution in [0.15, 0.2) is 18.2 Å². The van der Waals surface area contributed by atoms with Gasteiger partial charge in [0, 0.05) is 18.7 Å². The molecule has 4 bridgehead atoms. The molecule has 29 heavy (non-hydrogen) atoms. The summed E-state index contributed by atoms with van der Waals surface area (Å²) in [6.07, 6.45) is 8.61. The Kier molecular flexibility index (Phi) is 10.9. The van der Waals surface area contributed by atoms with Gasteiger partial charge < -0.3 is 42.0 Å². The standard InChI is InChI=1S/C21H29NO3.2CH3.ClH.Ru/c1-22(12-18-4-3-17(8-19(18)23)20(24)25-2)13-21-9-14-5-15(10-21)7-16(6-14)11-21;;;;/h3-4,8,14-16,23H,5-7,9-13H2,1-2H3;2*1H3;1H;/q;2*-1;;+2/p-1. The largest absolute Gasteiger partial charge is 2.00 e. The second-order valence-electron chi connectivity index (χ2n) is 8.92. The SMILES string of the molecule is COC(=O)c1ccc(CN(C)CC23CC4CC(CC(C4)C2)C3)c(O)c1.[CH3-].[CH3-].[Cl-].[Ru+2]. The van der Waals surface area contributed by atoms with Crippen molar-refractivity contribution in [1.29, 1.82) is 0 Å². The Morgan fingerprint density at radius 2 is 1.66 bits per heavy atom. The van der Waals surface area contributed by atoms with Gasteiger partial charge in [0.25, 0.3) is 0 Å². The Bertz CT molecular complexity index is 647. The summed E-state index contributed by atoms with van der Waals surface area (Å²) in [6.45, 7) is 1.84. The third kappa shape index (κ3) is 5.96. The van der Waals surface area contributed by atoms with Gasteiger partial charge in [-0.3, -0.25) is 0 Å². The van der Waals surface area contributed by atoms with Crippen molar-refractivity contribution in [3.63, 3.8) is 0 Å². The fourth-order valence-corrected chi connectivity index (χ4v) is 6.35. The average molecular weight is 510 g/mol. The van der Waals surface area contributed by atoms with Crippen LogP contribution in [0.4, 0.5) is 0 Å². The summed E-state index contributed by atoms with van der Waals surface area (Å²) in [4.78, 5) is 13.9. The van der Waals surface area contributed by atoms with E-state index in [9.17, 15) is 9.90 Å². The Labute approximate surface area is 195 Å². The summed E-state index contributed by atoms with van der Waals surface area (Å²) < 4.78 is 4.71. The number of carbonyl (C=O) groups excluding carboxylic acids is 1. The van der Waals surface area contributed by atoms with Crippen LogP contribution in [-0.4, -0.2) is 36.7 Å². The number of hydrogen-bond acceptors (Lipinski definition) is 4. The van der Waals surface area contributed by atoms with Crippen molar-refractivity contribution in [2.75, 3.05) is 20.7 Å². The van der Waals surface area contributed by atoms with Gasteiger partial charge in [-0.2, -0.15) is 0 Å². The van der Waals surface area contributed by atoms with Crippen molar-refractivity contribution in [2.45, 2.75) is 45.1 Å². The maximum atomic E-state index is 11.6. The molecule has 0 aromatic heterocycles. The van der Waals surface area contributed by atoms with Gasteiger partial charge in [0.1, 0.15) is 5.75 Å². The minimum absolute atomic E-state index is 0. The Hall–Kier alpha value is -0.637. The first-order valence-electron chi connectivity index (χ1n) is 9.55. The molecule has 5 rings (SSSR count). The third-order valence-corrected chi connectivity index (χ3v) is 6.72. The second kappa shape index (κ2) is 11.1. The predicted octanol–water partition coefficient (Wildman–Crippen LogP) is 1.73. The van der Waals surface area contributed by atoms with E-state index in [4.69, 9.17) is 4.74 Å². The molecule has 4 nitrogen and oxygen atoms in total. The molecule has 0 saturated heterocycles. The first-order chi connectivity index (χ1) is 12.0. The van der Waals surface area contributed by atoms with E-state index in [-0.39, 0.29) is 52.5 Å². The van der Waals surface area contributed by atoms with Crippen LogP contribution < -0.4 is 12.4 Å². The molecule has 1 aromatic rings. The third-order valence-electron chi connectivity index (χ3n) is 6.72. The summed E-state index contributed by atoms with van der Waals surface area (Å²) in [5.41, 5.74) is 1.78. The number of carbonyl (C=O) groups is 1. The molecule has 0 unspecified atom stereocenters. The maximum absolute atomic E-state index is 11.6. The van der Waals surface area contributed by atoms with Gasteiger partial charge in [0.2, 0.25) is 0 Å². The van der Waals surface area contributed by atoms with Crippen LogP contribution in [0.2, 0.25) is 0 Å². The van der Waals surface area contributed by atoms with Gasteiger partial charge in [-0.25, -0.2) is 4.79 Å². The van der Waals surface area contributed by atoms with Crippen molar-refractivity contribution in [1.82, 2.24) is 4.90 Å². The molecule has 1 aromatic carbocycles. The monoisotopic (exact) mass is 510 g/mol. The summed E-state index contributed by atoms with van der Waals surface area (Å²) in [7, 11) is 3.51. The number of rotatable bonds is 5. The van der Waals surface area contributed by atoms with E-state index in [0.717, 1.165) is 36.4 Å². The van der Waals surface area contributed by atoms with Crippen molar-refractivity contribution < 1.29 is 46.5 Å². The van der Waals surface area contributed by atoms with Crippen molar-refractivity contribution >= 4 is 5.97 Å². The predicted molar refractivity (Wildman–Crippen MR) is 109 cm³/mol. The molecule has 0 spiro atoms. The first-order valence-corrected chi connectivity index (χ1v) is 9.55. The van der Waals surface area contributed by atoms with Gasteiger partial charge in [-0.1, -0.05) is 6.07 Å². The van der Waals surface area contributed by atoms with E-state index in [1.54, 1.807) is 6.07 Å². The molecule has 0 aliphatic heterocycles. The molecule has 166 valence electrons. The minimum Gasteiger partial charge on any atom is -1.00 e. The van der Waals surface area contributed by atoms with E-state index in [1.165, 1.54) is 51.7 Å². The number of halogens is 1. The van der Waals surface area contributed by atoms with Crippen molar-refractivity contribution in [3.8, 4) is 5.75 Å². The number of esters is 1. The zero-order chi connectivity index (χ0) is 17.6. The molecule has 0 radical (unpaired) electrons. The topological polar surface area (TPSA) is 49.8 Å². The van der Waals surface area contributed by atoms with E-state index >= 15 is 0 Å². The molecule has 0 atom stereocenters. The van der Waals surface area contributed by atoms with Crippen LogP contribution in [0.5, 0.6) is 5.75 Å². The maximum Gasteiger partial charge on any atom is 2.00 e. The molecule has 0 amide bonds. The number of hydrogen-bond donors (Lipinski definition) is 1. The molecule has 4 aliphatic carbocycles. The Morgan fingerprint density at radius 3 is 2.10 bits per heavy atom. The zero-order valence-corrected chi connectivity index (χ0v) is 20.6. The molecule has 4 aliphatic rings. The molecular formula is C23H35ClNO3Ru-. The molecule has 1 N–H and O–H groups in total. The van der Waals surface area contributed by atoms with Crippen LogP contribution in [0, 0.1) is 38.0 Å². The fraction of sp³-hybridized carbons (Fsp3) is 0.609. The van der Waals surface area contributed by atoms with Gasteiger partial charge in [0.15, 0.2) is 0 Å². The van der Waals surface area contributed by atoms with E-state index in [2.05, 4.69) is 11.9 Å². The number of methoxy groups -OCH3 is 1. The molecular weight excluding hydrogens is 475 g/mol. The Morgan fingerprint density at radius 1 is 1.14 bits per heavy atom. The molecule has 4 fully saturated rings. The summed E-state index contributed by atoms with van der Waals surface area (Å²) in [6, 6.07) is 5.09. The summed E-state index contributed by atoms with van der Waals surface area (Å²) in [5.74, 6) is 2.66. The quantitative estimate of drug-likeness (QED) is 0.373. The molecule has 4 saturated carbocycles. The normalized spacial score (nSPS) is 28.4. The number of ether oxygens (including phenoxy) is 1. The fourth-order valence-electron chi connectivity index (χ4n) is 6.35. The van der Waals surface area contributed by atoms with Crippen LogP contribution in [-0.2, 0) is 30.8 Å². The van der Waals surface area contributed by atoms with Crippen LogP contribution >= 0.6 is 0 Å². The summed E-state index contributed by atoms with van der Waals surface area (Å²) in [5, 5.41) is 10.3. The van der Waals surface area contributed by atoms with Gasteiger partial charge >= 0.3 is 25.4 Å². The number of phenols is 1. The van der Waals surface area contributed by atoms with Gasteiger partial charge in [-0.05, 0) is 80.9 Å². The van der Waals surface area contributed by atoms with Gasteiger partial charge in [0.05, 0.1) is 12.7 Å². The summed E-state index contributed by atoms with van der Waals surface area (Å²) >= 11 is 0. The number of phenolic OH excluding ortho intramolecular Hbond substituents is 1. The number of aromatic hydroxyl groups is 1. The minimum atomic E-state index is -0.413. The van der Waals surface area contributed by atoms with Crippen molar-refractivity contribution in [3.05, 3.63) is 44.2 Å². The molecule has 6 heteroatoms. The second-order valence-corrected chi connectivity index (χ2v) is 8.92. The zero-order valence-electron chi connectivity index (χ0n) is 18.1. The number of benzene rings is 1. The van der Waals surface area contributed by atoms with Crippen LogP contribution in [0.25, 0.3) is 0 Å². The average Bonchev–Trinajstić information content (AvgIpc) is 2.54. The first kappa shape index (κ1) is 28.4. The van der Waals surface area contributed by atoms with Crippen LogP contribution in [0.3, 0.4) is 0 Å². The number of nitrogens with zero attached hydrogens (tertiary/aromatic N) is 1. The smallest absolute Gasteiger partial charge is 1.00 e. The van der Waals surface area contributed by atoms with E-state index in [0.29, 0.717) is 11.0 Å². The van der Waals surface area contributed by atoms with E-state index in [1.807, 2.05) is 6.07 Å². The van der Waals surface area contributed by atoms with Crippen molar-refractivity contribution in [2.24, 2.45) is 23.2 Å².